The summed E-state index contributed by atoms with van der Waals surface area (Å²) in [6.07, 6.45) is 2.17. The summed E-state index contributed by atoms with van der Waals surface area (Å²) in [7, 11) is 0. The van der Waals surface area contributed by atoms with Gasteiger partial charge in [0.15, 0.2) is 0 Å². The zero-order valence-electron chi connectivity index (χ0n) is 9.96. The third-order valence-electron chi connectivity index (χ3n) is 3.00. The van der Waals surface area contributed by atoms with Crippen LogP contribution in [0.5, 0.6) is 0 Å². The van der Waals surface area contributed by atoms with E-state index >= 15 is 0 Å². The van der Waals surface area contributed by atoms with Crippen LogP contribution in [0.3, 0.4) is 0 Å². The lowest BCUT2D eigenvalue weighted by atomic mass is 9.93. The van der Waals surface area contributed by atoms with Crippen molar-refractivity contribution in [3.05, 3.63) is 59.7 Å². The lowest BCUT2D eigenvalue weighted by molar-refractivity contribution is 1.04. The lowest BCUT2D eigenvalue weighted by Crippen LogP contribution is -1.94. The third kappa shape index (κ3) is 2.01. The molecule has 0 amide bonds. The zero-order valence-corrected chi connectivity index (χ0v) is 9.96. The van der Waals surface area contributed by atoms with Gasteiger partial charge in [-0.1, -0.05) is 56.3 Å². The molecule has 0 atom stereocenters. The van der Waals surface area contributed by atoms with Gasteiger partial charge in [0.05, 0.1) is 0 Å². The first-order chi connectivity index (χ1) is 7.86. The van der Waals surface area contributed by atoms with Crippen molar-refractivity contribution in [2.24, 2.45) is 0 Å². The van der Waals surface area contributed by atoms with Crippen molar-refractivity contribution in [1.82, 2.24) is 0 Å². The molecule has 2 aromatic rings. The fourth-order valence-electron chi connectivity index (χ4n) is 2.17. The van der Waals surface area contributed by atoms with Crippen molar-refractivity contribution in [1.29, 1.82) is 0 Å². The van der Waals surface area contributed by atoms with Gasteiger partial charge in [-0.25, -0.2) is 0 Å². The molecule has 0 aliphatic heterocycles. The molecule has 0 unspecified atom stereocenters. The van der Waals surface area contributed by atoms with Crippen molar-refractivity contribution in [3.63, 3.8) is 0 Å². The Morgan fingerprint density at radius 1 is 0.938 bits per heavy atom. The van der Waals surface area contributed by atoms with Crippen LogP contribution >= 0.6 is 0 Å². The quantitative estimate of drug-likeness (QED) is 0.707. The standard InChI is InChI=1S/C16H17/c1-3-13-11-8-12-16(15(13)4-2)14-9-6-5-7-10-14/h5-11H,3-4H2,1-2H3. The molecule has 2 aromatic carbocycles. The molecule has 0 aliphatic rings. The fourth-order valence-corrected chi connectivity index (χ4v) is 2.17. The summed E-state index contributed by atoms with van der Waals surface area (Å²) in [6.45, 7) is 4.43. The largest absolute Gasteiger partial charge is 0.0622 e. The Kier molecular flexibility index (Phi) is 3.40. The summed E-state index contributed by atoms with van der Waals surface area (Å²) in [5.74, 6) is 0. The molecule has 0 bridgehead atoms. The monoisotopic (exact) mass is 209 g/mol. The van der Waals surface area contributed by atoms with Crippen molar-refractivity contribution < 1.29 is 0 Å². The molecule has 0 spiro atoms. The molecular weight excluding hydrogens is 192 g/mol. The predicted molar refractivity (Wildman–Crippen MR) is 69.5 cm³/mol. The van der Waals surface area contributed by atoms with Gasteiger partial charge in [0.2, 0.25) is 0 Å². The molecular formula is C16H17. The molecule has 0 saturated heterocycles. The van der Waals surface area contributed by atoms with Crippen LogP contribution in [0.25, 0.3) is 11.1 Å². The highest BCUT2D eigenvalue weighted by molar-refractivity contribution is 5.68. The van der Waals surface area contributed by atoms with Crippen molar-refractivity contribution in [3.8, 4) is 11.1 Å². The van der Waals surface area contributed by atoms with Gasteiger partial charge < -0.3 is 0 Å². The highest BCUT2D eigenvalue weighted by Crippen LogP contribution is 2.26. The van der Waals surface area contributed by atoms with Gasteiger partial charge >= 0.3 is 0 Å². The first kappa shape index (κ1) is 10.9. The second kappa shape index (κ2) is 4.98. The summed E-state index contributed by atoms with van der Waals surface area (Å²) in [5, 5.41) is 0. The Labute approximate surface area is 97.9 Å². The molecule has 0 N–H and O–H groups in total. The van der Waals surface area contributed by atoms with Gasteiger partial charge in [-0.15, -0.1) is 0 Å². The smallest absolute Gasteiger partial charge is 0.00704 e. The van der Waals surface area contributed by atoms with Gasteiger partial charge in [0, 0.05) is 0 Å². The number of aryl methyl sites for hydroxylation is 1. The van der Waals surface area contributed by atoms with Crippen LogP contribution in [-0.4, -0.2) is 0 Å². The highest BCUT2D eigenvalue weighted by Gasteiger charge is 2.06. The molecule has 2 rings (SSSR count). The molecule has 0 heteroatoms. The van der Waals surface area contributed by atoms with Crippen LogP contribution in [0, 0.1) is 6.07 Å². The number of hydrogen-bond donors (Lipinski definition) is 0. The summed E-state index contributed by atoms with van der Waals surface area (Å²) in [5.41, 5.74) is 5.42. The van der Waals surface area contributed by atoms with Gasteiger partial charge in [-0.3, -0.25) is 0 Å². The minimum atomic E-state index is 1.07. The molecule has 0 saturated carbocycles. The Morgan fingerprint density at radius 2 is 1.69 bits per heavy atom. The second-order valence-electron chi connectivity index (χ2n) is 3.93. The molecule has 0 heterocycles. The van der Waals surface area contributed by atoms with E-state index in [0.717, 1.165) is 12.8 Å². The van der Waals surface area contributed by atoms with Gasteiger partial charge in [0.1, 0.15) is 0 Å². The Hall–Kier alpha value is -1.56. The third-order valence-corrected chi connectivity index (χ3v) is 3.00. The first-order valence-electron chi connectivity index (χ1n) is 5.94. The van der Waals surface area contributed by atoms with Gasteiger partial charge in [-0.05, 0) is 41.2 Å². The minimum absolute atomic E-state index is 1.07. The van der Waals surface area contributed by atoms with E-state index in [1.54, 1.807) is 0 Å². The molecule has 0 fully saturated rings. The van der Waals surface area contributed by atoms with Crippen LogP contribution in [-0.2, 0) is 12.8 Å². The van der Waals surface area contributed by atoms with Crippen LogP contribution < -0.4 is 0 Å². The van der Waals surface area contributed by atoms with E-state index in [9.17, 15) is 0 Å². The van der Waals surface area contributed by atoms with E-state index in [1.165, 1.54) is 22.3 Å². The minimum Gasteiger partial charge on any atom is -0.0622 e. The Bertz CT molecular complexity index is 455. The molecule has 81 valence electrons. The molecule has 1 radical (unpaired) electrons. The maximum Gasteiger partial charge on any atom is -0.00704 e. The van der Waals surface area contributed by atoms with Crippen molar-refractivity contribution in [2.45, 2.75) is 26.7 Å². The SMILES string of the molecule is CCc1cc[c]c(-c2ccccc2)c1CC. The number of rotatable bonds is 3. The maximum absolute atomic E-state index is 3.38. The summed E-state index contributed by atoms with van der Waals surface area (Å²) < 4.78 is 0. The number of benzene rings is 2. The van der Waals surface area contributed by atoms with E-state index in [-0.39, 0.29) is 0 Å². The van der Waals surface area contributed by atoms with Crippen LogP contribution in [0.1, 0.15) is 25.0 Å². The van der Waals surface area contributed by atoms with E-state index < -0.39 is 0 Å². The molecule has 0 nitrogen and oxygen atoms in total. The average molecular weight is 209 g/mol. The van der Waals surface area contributed by atoms with Crippen LogP contribution in [0.15, 0.2) is 42.5 Å². The Morgan fingerprint density at radius 3 is 2.31 bits per heavy atom. The summed E-state index contributed by atoms with van der Waals surface area (Å²) >= 11 is 0. The van der Waals surface area contributed by atoms with Crippen LogP contribution in [0.4, 0.5) is 0 Å². The van der Waals surface area contributed by atoms with E-state index in [0.29, 0.717) is 0 Å². The topological polar surface area (TPSA) is 0 Å². The molecule has 16 heavy (non-hydrogen) atoms. The fraction of sp³-hybridized carbons (Fsp3) is 0.250. The Balaban J connectivity index is 2.57. The maximum atomic E-state index is 3.38. The van der Waals surface area contributed by atoms with Gasteiger partial charge in [-0.2, -0.15) is 0 Å². The summed E-state index contributed by atoms with van der Waals surface area (Å²) in [4.78, 5) is 0. The molecule has 0 aliphatic carbocycles. The second-order valence-corrected chi connectivity index (χ2v) is 3.93. The molecule has 0 aromatic heterocycles. The van der Waals surface area contributed by atoms with E-state index in [1.807, 2.05) is 6.07 Å². The first-order valence-corrected chi connectivity index (χ1v) is 5.94. The predicted octanol–water partition coefficient (Wildman–Crippen LogP) is 4.28. The average Bonchev–Trinajstić information content (AvgIpc) is 2.38. The zero-order chi connectivity index (χ0) is 11.4. The van der Waals surface area contributed by atoms with E-state index in [2.05, 4.69) is 56.3 Å². The van der Waals surface area contributed by atoms with Gasteiger partial charge in [0.25, 0.3) is 0 Å². The van der Waals surface area contributed by atoms with E-state index in [4.69, 9.17) is 0 Å². The van der Waals surface area contributed by atoms with Crippen molar-refractivity contribution in [2.75, 3.05) is 0 Å². The normalized spacial score (nSPS) is 10.4. The summed E-state index contributed by atoms with van der Waals surface area (Å²) in [6, 6.07) is 18.1. The van der Waals surface area contributed by atoms with Crippen LogP contribution in [0.2, 0.25) is 0 Å². The number of hydrogen-bond acceptors (Lipinski definition) is 0. The lowest BCUT2D eigenvalue weighted by Gasteiger charge is -2.12. The highest BCUT2D eigenvalue weighted by atomic mass is 14.1. The van der Waals surface area contributed by atoms with Crippen molar-refractivity contribution >= 4 is 0 Å².